The van der Waals surface area contributed by atoms with Gasteiger partial charge in [-0.1, -0.05) is 0 Å². The molecule has 1 aliphatic rings. The summed E-state index contributed by atoms with van der Waals surface area (Å²) in [6, 6.07) is 7.48. The van der Waals surface area contributed by atoms with E-state index in [0.29, 0.717) is 24.1 Å². The number of rotatable bonds is 12. The van der Waals surface area contributed by atoms with Crippen LogP contribution in [0.15, 0.2) is 41.3 Å². The van der Waals surface area contributed by atoms with Crippen LogP contribution in [0.4, 0.5) is 30.8 Å². The fourth-order valence-electron chi connectivity index (χ4n) is 5.25. The lowest BCUT2D eigenvalue weighted by molar-refractivity contribution is 0.102. The number of benzene rings is 2. The lowest BCUT2D eigenvalue weighted by Crippen LogP contribution is -2.37. The molecule has 0 fully saturated rings. The van der Waals surface area contributed by atoms with Gasteiger partial charge in [-0.15, -0.1) is 5.10 Å². The number of likely N-dealkylation sites (N-methyl/N-ethyl adjacent to an activating group) is 2. The number of ether oxygens (including phenoxy) is 2. The minimum Gasteiger partial charge on any atom is -0.451 e. The molecule has 1 unspecified atom stereocenters. The fraction of sp³-hybridized carbons (Fsp3) is 0.452. The van der Waals surface area contributed by atoms with Gasteiger partial charge in [0.05, 0.1) is 29.9 Å². The molecule has 2 atom stereocenters. The third kappa shape index (κ3) is 8.06. The van der Waals surface area contributed by atoms with E-state index in [0.717, 1.165) is 33.4 Å². The maximum atomic E-state index is 13.9. The molecule has 47 heavy (non-hydrogen) atoms. The molecule has 2 aromatic carbocycles. The Morgan fingerprint density at radius 2 is 1.74 bits per heavy atom. The van der Waals surface area contributed by atoms with Gasteiger partial charge in [-0.3, -0.25) is 4.79 Å². The summed E-state index contributed by atoms with van der Waals surface area (Å²) in [6.45, 7) is 4.67. The number of anilines is 3. The van der Waals surface area contributed by atoms with Gasteiger partial charge in [0.1, 0.15) is 11.6 Å². The number of nitrogens with zero attached hydrogens (tertiary/aromatic N) is 5. The molecular formula is C31H41F2N7O6S. The maximum absolute atomic E-state index is 13.9. The van der Waals surface area contributed by atoms with Crippen molar-refractivity contribution < 1.29 is 36.3 Å². The molecule has 0 saturated carbocycles. The molecule has 16 heteroatoms. The summed E-state index contributed by atoms with van der Waals surface area (Å²) in [6.07, 6.45) is -0.821. The number of amides is 1. The second-order valence-electron chi connectivity index (χ2n) is 11.7. The Bertz CT molecular complexity index is 1710. The molecule has 0 saturated heterocycles. The second kappa shape index (κ2) is 14.8. The van der Waals surface area contributed by atoms with Gasteiger partial charge in [0.2, 0.25) is 10.0 Å². The number of nitrogens with one attached hydrogen (secondary N) is 2. The minimum atomic E-state index is -4.36. The van der Waals surface area contributed by atoms with Gasteiger partial charge in [-0.25, -0.2) is 22.0 Å². The minimum absolute atomic E-state index is 0.0120. The van der Waals surface area contributed by atoms with Crippen molar-refractivity contribution in [3.63, 3.8) is 0 Å². The van der Waals surface area contributed by atoms with Crippen molar-refractivity contribution in [2.75, 3.05) is 70.6 Å². The van der Waals surface area contributed by atoms with E-state index >= 15 is 0 Å². The van der Waals surface area contributed by atoms with Crippen LogP contribution < -0.4 is 15.5 Å². The van der Waals surface area contributed by atoms with Crippen LogP contribution in [0.1, 0.15) is 35.5 Å². The molecular weight excluding hydrogens is 636 g/mol. The third-order valence-corrected chi connectivity index (χ3v) is 9.83. The molecule has 3 aromatic rings. The highest BCUT2D eigenvalue weighted by atomic mass is 32.2. The van der Waals surface area contributed by atoms with E-state index < -0.39 is 38.6 Å². The summed E-state index contributed by atoms with van der Waals surface area (Å²) >= 11 is 0. The van der Waals surface area contributed by atoms with E-state index in [1.165, 1.54) is 7.11 Å². The summed E-state index contributed by atoms with van der Waals surface area (Å²) in [5, 5.41) is 10.3. The number of hydrogen-bond donors (Lipinski definition) is 2. The number of methoxy groups -OCH3 is 2. The summed E-state index contributed by atoms with van der Waals surface area (Å²) in [5.41, 5.74) is 2.23. The van der Waals surface area contributed by atoms with E-state index in [-0.39, 0.29) is 48.5 Å². The molecule has 2 N–H and O–H groups in total. The molecule has 1 amide bonds. The molecule has 256 valence electrons. The van der Waals surface area contributed by atoms with Gasteiger partial charge >= 0.3 is 6.09 Å². The highest BCUT2D eigenvalue weighted by Crippen LogP contribution is 2.32. The number of halogens is 2. The molecule has 0 bridgehead atoms. The topological polar surface area (TPSA) is 138 Å². The molecule has 1 aromatic heterocycles. The largest absolute Gasteiger partial charge is 0.451 e. The maximum Gasteiger partial charge on any atom is 0.434 e. The van der Waals surface area contributed by atoms with Crippen LogP contribution in [-0.4, -0.2) is 107 Å². The van der Waals surface area contributed by atoms with Crippen LogP contribution in [0.3, 0.4) is 0 Å². The molecule has 1 aliphatic heterocycles. The summed E-state index contributed by atoms with van der Waals surface area (Å²) in [5.74, 6) is -2.71. The zero-order chi connectivity index (χ0) is 34.6. The fourth-order valence-corrected chi connectivity index (χ4v) is 6.70. The predicted molar refractivity (Wildman–Crippen MR) is 173 cm³/mol. The second-order valence-corrected chi connectivity index (χ2v) is 13.7. The van der Waals surface area contributed by atoms with Crippen LogP contribution in [0.25, 0.3) is 0 Å². The van der Waals surface area contributed by atoms with Crippen molar-refractivity contribution >= 4 is 39.2 Å². The Kier molecular flexibility index (Phi) is 11.2. The van der Waals surface area contributed by atoms with Gasteiger partial charge in [0.25, 0.3) is 5.91 Å². The predicted octanol–water partition coefficient (Wildman–Crippen LogP) is 3.61. The zero-order valence-corrected chi connectivity index (χ0v) is 28.3. The Labute approximate surface area is 273 Å². The summed E-state index contributed by atoms with van der Waals surface area (Å²) in [4.78, 5) is 30.1. The van der Waals surface area contributed by atoms with Crippen LogP contribution in [0.5, 0.6) is 0 Å². The normalized spacial score (nSPS) is 14.8. The Morgan fingerprint density at radius 1 is 1.06 bits per heavy atom. The third-order valence-electron chi connectivity index (χ3n) is 8.00. The molecule has 13 nitrogen and oxygen atoms in total. The van der Waals surface area contributed by atoms with Crippen LogP contribution in [0, 0.1) is 11.6 Å². The first-order valence-electron chi connectivity index (χ1n) is 14.9. The van der Waals surface area contributed by atoms with Crippen molar-refractivity contribution in [2.45, 2.75) is 43.8 Å². The van der Waals surface area contributed by atoms with Crippen molar-refractivity contribution in [3.8, 4) is 0 Å². The van der Waals surface area contributed by atoms with Crippen molar-refractivity contribution in [3.05, 3.63) is 64.9 Å². The van der Waals surface area contributed by atoms with E-state index in [4.69, 9.17) is 9.47 Å². The number of sulfonamides is 1. The van der Waals surface area contributed by atoms with Crippen LogP contribution >= 0.6 is 0 Å². The molecule has 4 rings (SSSR count). The van der Waals surface area contributed by atoms with Gasteiger partial charge < -0.3 is 29.9 Å². The van der Waals surface area contributed by atoms with Crippen molar-refractivity contribution in [2.24, 2.45) is 0 Å². The van der Waals surface area contributed by atoms with Gasteiger partial charge in [0.15, 0.2) is 5.82 Å². The summed E-state index contributed by atoms with van der Waals surface area (Å²) < 4.78 is 66.8. The van der Waals surface area contributed by atoms with E-state index in [1.807, 2.05) is 40.2 Å². The Morgan fingerprint density at radius 3 is 2.36 bits per heavy atom. The van der Waals surface area contributed by atoms with E-state index in [2.05, 4.69) is 32.5 Å². The summed E-state index contributed by atoms with van der Waals surface area (Å²) in [7, 11) is 4.35. The first kappa shape index (κ1) is 35.7. The molecule has 0 radical (unpaired) electrons. The SMILES string of the molecule is COCC(C)Nc1cc(N(C)C[C@@H](C)N(C)C)ccc1C(=O)Nc1nn(C(=O)OC)c2c1CN(S(=O)(=O)c1cc(F)cc(F)c1)CC2. The standard InChI is InChI=1S/C31H41F2N7O6S/c1-19(18-45-6)34-27-15-23(38(5)16-20(2)37(3)4)8-9-25(27)30(41)35-29-26-17-39(11-10-28(26)40(36-29)31(42)46-7)47(43,44)24-13-21(32)12-22(33)14-24/h8-9,12-15,19-20,34H,10-11,16-18H2,1-7H3,(H,35,36,41)/t19?,20-/m1/s1. The Hall–Kier alpha value is -4.12. The number of carbonyl (C=O) groups is 2. The van der Waals surface area contributed by atoms with Crippen molar-refractivity contribution in [1.82, 2.24) is 19.0 Å². The number of carbonyl (C=O) groups excluding carboxylic acids is 2. The van der Waals surface area contributed by atoms with Crippen LogP contribution in [-0.2, 0) is 32.5 Å². The van der Waals surface area contributed by atoms with Crippen LogP contribution in [0.2, 0.25) is 0 Å². The quantitative estimate of drug-likeness (QED) is 0.293. The van der Waals surface area contributed by atoms with Crippen molar-refractivity contribution in [1.29, 1.82) is 0 Å². The van der Waals surface area contributed by atoms with E-state index in [9.17, 15) is 26.8 Å². The lowest BCUT2D eigenvalue weighted by atomic mass is 10.1. The smallest absolute Gasteiger partial charge is 0.434 e. The lowest BCUT2D eigenvalue weighted by Gasteiger charge is -2.28. The Balaban J connectivity index is 1.70. The number of hydrogen-bond acceptors (Lipinski definition) is 10. The van der Waals surface area contributed by atoms with Gasteiger partial charge in [-0.05, 0) is 58.3 Å². The first-order chi connectivity index (χ1) is 22.2. The number of fused-ring (bicyclic) bond motifs is 1. The monoisotopic (exact) mass is 677 g/mol. The molecule has 0 spiro atoms. The average Bonchev–Trinajstić information content (AvgIpc) is 3.37. The molecule has 2 heterocycles. The molecule has 0 aliphatic carbocycles. The zero-order valence-electron chi connectivity index (χ0n) is 27.5. The number of aromatic nitrogens is 2. The van der Waals surface area contributed by atoms with Gasteiger partial charge in [0, 0.05) is 75.3 Å². The van der Waals surface area contributed by atoms with Gasteiger partial charge in [-0.2, -0.15) is 8.99 Å². The highest BCUT2D eigenvalue weighted by molar-refractivity contribution is 7.89. The highest BCUT2D eigenvalue weighted by Gasteiger charge is 2.35. The van der Waals surface area contributed by atoms with E-state index in [1.54, 1.807) is 13.2 Å². The first-order valence-corrected chi connectivity index (χ1v) is 16.3. The average molecular weight is 678 g/mol.